The van der Waals surface area contributed by atoms with Gasteiger partial charge in [0.1, 0.15) is 0 Å². The lowest BCUT2D eigenvalue weighted by molar-refractivity contribution is 0.313. The van der Waals surface area contributed by atoms with E-state index in [1.165, 1.54) is 11.1 Å². The van der Waals surface area contributed by atoms with Gasteiger partial charge in [0.15, 0.2) is 0 Å². The first-order valence-corrected chi connectivity index (χ1v) is 8.06. The molecule has 1 aromatic carbocycles. The molecular weight excluding hydrogens is 460 g/mol. The summed E-state index contributed by atoms with van der Waals surface area (Å²) in [4.78, 5) is 14.1. The van der Waals surface area contributed by atoms with Gasteiger partial charge >= 0.3 is 0 Å². The molecule has 5 nitrogen and oxygen atoms in total. The van der Waals surface area contributed by atoms with E-state index in [4.69, 9.17) is 4.98 Å². The number of halogens is 2. The van der Waals surface area contributed by atoms with Gasteiger partial charge in [0.05, 0.1) is 16.9 Å². The Morgan fingerprint density at radius 2 is 1.54 bits per heavy atom. The van der Waals surface area contributed by atoms with Crippen LogP contribution in [0.5, 0.6) is 0 Å². The number of hydrogen-bond acceptors (Lipinski definition) is 4. The first kappa shape index (κ1) is 22.5. The lowest BCUT2D eigenvalue weighted by Gasteiger charge is -2.34. The molecule has 0 amide bonds. The highest BCUT2D eigenvalue weighted by molar-refractivity contribution is 8.93. The van der Waals surface area contributed by atoms with Crippen molar-refractivity contribution >= 4 is 50.6 Å². The highest BCUT2D eigenvalue weighted by atomic mass is 79.9. The Hall–Kier alpha value is -1.54. The predicted molar refractivity (Wildman–Crippen MR) is 119 cm³/mol. The minimum absolute atomic E-state index is 0. The van der Waals surface area contributed by atoms with E-state index in [1.807, 2.05) is 30.5 Å². The topological polar surface area (TPSA) is 63.8 Å². The third-order valence-electron chi connectivity index (χ3n) is 4.47. The number of likely N-dealkylation sites (N-methyl/N-ethyl adjacent to an activating group) is 1. The first-order chi connectivity index (χ1) is 11.3. The highest BCUT2D eigenvalue weighted by Gasteiger charge is 2.18. The molecule has 0 atom stereocenters. The van der Waals surface area contributed by atoms with Crippen LogP contribution >= 0.6 is 34.0 Å². The van der Waals surface area contributed by atoms with Gasteiger partial charge in [-0.1, -0.05) is 24.3 Å². The van der Waals surface area contributed by atoms with E-state index in [0.29, 0.717) is 0 Å². The largest absolute Gasteiger partial charge is 0.412 e. The molecular formula is C19H24Br2N4O. The van der Waals surface area contributed by atoms with Gasteiger partial charge in [-0.15, -0.1) is 34.0 Å². The van der Waals surface area contributed by atoms with Crippen molar-refractivity contribution in [2.45, 2.75) is 0 Å². The molecule has 0 aliphatic carbocycles. The Balaban J connectivity index is 0.00000113. The molecule has 1 aliphatic rings. The lowest BCUT2D eigenvalue weighted by atomic mass is 10.1. The van der Waals surface area contributed by atoms with Crippen LogP contribution < -0.4 is 4.90 Å². The number of fused-ring (bicyclic) bond motifs is 1. The Morgan fingerprint density at radius 3 is 2.23 bits per heavy atom. The number of pyridine rings is 2. The molecule has 4 rings (SSSR count). The van der Waals surface area contributed by atoms with Gasteiger partial charge in [0.25, 0.3) is 0 Å². The second-order valence-corrected chi connectivity index (χ2v) is 6.05. The van der Waals surface area contributed by atoms with Crippen LogP contribution in [-0.4, -0.2) is 53.6 Å². The standard InChI is InChI=1S/C19H20N4.2BrH.H2O/c1-22-10-12-23(13-11-22)19-14-18(17-8-4-5-9-20-17)21-16-7-3-2-6-15(16)19;;;/h2-9,14H,10-13H2,1H3;2*1H;1H2. The Labute approximate surface area is 174 Å². The first-order valence-electron chi connectivity index (χ1n) is 8.06. The Bertz CT molecular complexity index is 824. The molecule has 3 aromatic rings. The zero-order valence-electron chi connectivity index (χ0n) is 14.6. The van der Waals surface area contributed by atoms with Crippen LogP contribution in [0.25, 0.3) is 22.3 Å². The number of para-hydroxylation sites is 1. The SMILES string of the molecule is Br.Br.CN1CCN(c2cc(-c3ccccn3)nc3ccccc23)CC1.O. The molecule has 0 bridgehead atoms. The van der Waals surface area contributed by atoms with Crippen LogP contribution in [0.4, 0.5) is 5.69 Å². The van der Waals surface area contributed by atoms with Gasteiger partial charge in [0.2, 0.25) is 0 Å². The minimum Gasteiger partial charge on any atom is -0.412 e. The maximum atomic E-state index is 4.82. The summed E-state index contributed by atoms with van der Waals surface area (Å²) < 4.78 is 0. The van der Waals surface area contributed by atoms with Crippen LogP contribution in [0.15, 0.2) is 54.7 Å². The summed E-state index contributed by atoms with van der Waals surface area (Å²) in [6.07, 6.45) is 1.82. The number of hydrogen-bond donors (Lipinski definition) is 0. The van der Waals surface area contributed by atoms with Crippen LogP contribution in [0.2, 0.25) is 0 Å². The van der Waals surface area contributed by atoms with Crippen LogP contribution in [0.3, 0.4) is 0 Å². The van der Waals surface area contributed by atoms with Crippen molar-refractivity contribution in [1.82, 2.24) is 14.9 Å². The molecule has 0 saturated carbocycles. The molecule has 2 aromatic heterocycles. The van der Waals surface area contributed by atoms with Crippen molar-refractivity contribution in [3.05, 3.63) is 54.7 Å². The fraction of sp³-hybridized carbons (Fsp3) is 0.263. The van der Waals surface area contributed by atoms with E-state index in [9.17, 15) is 0 Å². The number of nitrogens with zero attached hydrogens (tertiary/aromatic N) is 4. The van der Waals surface area contributed by atoms with Crippen molar-refractivity contribution in [3.63, 3.8) is 0 Å². The summed E-state index contributed by atoms with van der Waals surface area (Å²) in [7, 11) is 2.18. The van der Waals surface area contributed by atoms with E-state index >= 15 is 0 Å². The van der Waals surface area contributed by atoms with Crippen LogP contribution in [0.1, 0.15) is 0 Å². The average molecular weight is 484 g/mol. The van der Waals surface area contributed by atoms with Gasteiger partial charge in [-0.3, -0.25) is 4.98 Å². The smallest absolute Gasteiger partial charge is 0.0914 e. The highest BCUT2D eigenvalue weighted by Crippen LogP contribution is 2.30. The number of aromatic nitrogens is 2. The van der Waals surface area contributed by atoms with Crippen LogP contribution in [-0.2, 0) is 0 Å². The maximum absolute atomic E-state index is 4.82. The van der Waals surface area contributed by atoms with Crippen LogP contribution in [0, 0.1) is 0 Å². The molecule has 7 heteroatoms. The van der Waals surface area contributed by atoms with Crippen molar-refractivity contribution < 1.29 is 5.48 Å². The lowest BCUT2D eigenvalue weighted by Crippen LogP contribution is -2.44. The number of rotatable bonds is 2. The molecule has 0 radical (unpaired) electrons. The second-order valence-electron chi connectivity index (χ2n) is 6.05. The number of anilines is 1. The maximum Gasteiger partial charge on any atom is 0.0914 e. The Kier molecular flexibility index (Phi) is 8.62. The summed E-state index contributed by atoms with van der Waals surface area (Å²) in [5.41, 5.74) is 4.17. The van der Waals surface area contributed by atoms with Crippen molar-refractivity contribution in [1.29, 1.82) is 0 Å². The van der Waals surface area contributed by atoms with Crippen molar-refractivity contribution in [2.24, 2.45) is 0 Å². The summed E-state index contributed by atoms with van der Waals surface area (Å²) in [5, 5.41) is 1.22. The van der Waals surface area contributed by atoms with E-state index in [1.54, 1.807) is 0 Å². The fourth-order valence-electron chi connectivity index (χ4n) is 3.11. The zero-order chi connectivity index (χ0) is 15.6. The number of benzene rings is 1. The van der Waals surface area contributed by atoms with Gasteiger partial charge in [0, 0.05) is 43.4 Å². The second kappa shape index (κ2) is 9.97. The molecule has 2 N–H and O–H groups in total. The molecule has 26 heavy (non-hydrogen) atoms. The quantitative estimate of drug-likeness (QED) is 0.560. The van der Waals surface area contributed by atoms with Gasteiger partial charge < -0.3 is 15.3 Å². The number of piperazine rings is 1. The molecule has 0 unspecified atom stereocenters. The zero-order valence-corrected chi connectivity index (χ0v) is 18.1. The average Bonchev–Trinajstić information content (AvgIpc) is 2.62. The molecule has 1 aliphatic heterocycles. The van der Waals surface area contributed by atoms with Gasteiger partial charge in [-0.25, -0.2) is 4.98 Å². The van der Waals surface area contributed by atoms with E-state index in [2.05, 4.69) is 46.1 Å². The molecule has 1 saturated heterocycles. The van der Waals surface area contributed by atoms with E-state index in [-0.39, 0.29) is 39.4 Å². The summed E-state index contributed by atoms with van der Waals surface area (Å²) >= 11 is 0. The summed E-state index contributed by atoms with van der Waals surface area (Å²) in [6.45, 7) is 4.28. The summed E-state index contributed by atoms with van der Waals surface area (Å²) in [6, 6.07) is 16.5. The predicted octanol–water partition coefficient (Wildman–Crippen LogP) is 3.38. The molecule has 3 heterocycles. The molecule has 1 fully saturated rings. The van der Waals surface area contributed by atoms with Crippen molar-refractivity contribution in [3.8, 4) is 11.4 Å². The molecule has 140 valence electrons. The van der Waals surface area contributed by atoms with E-state index < -0.39 is 0 Å². The monoisotopic (exact) mass is 482 g/mol. The Morgan fingerprint density at radius 1 is 0.846 bits per heavy atom. The van der Waals surface area contributed by atoms with Crippen molar-refractivity contribution in [2.75, 3.05) is 38.1 Å². The normalized spacial score (nSPS) is 14.1. The minimum atomic E-state index is 0. The fourth-order valence-corrected chi connectivity index (χ4v) is 3.11. The summed E-state index contributed by atoms with van der Waals surface area (Å²) in [5.74, 6) is 0. The van der Waals surface area contributed by atoms with E-state index in [0.717, 1.165) is 43.1 Å². The third kappa shape index (κ3) is 4.59. The van der Waals surface area contributed by atoms with Gasteiger partial charge in [-0.05, 0) is 31.3 Å². The molecule has 0 spiro atoms. The van der Waals surface area contributed by atoms with Gasteiger partial charge in [-0.2, -0.15) is 0 Å². The third-order valence-corrected chi connectivity index (χ3v) is 4.47.